The molecule has 4 N–H and O–H groups in total. The molecule has 10 heteroatoms. The van der Waals surface area contributed by atoms with Gasteiger partial charge in [-0.1, -0.05) is 108 Å². The Labute approximate surface area is 289 Å². The molecule has 6 unspecified atom stereocenters. The van der Waals surface area contributed by atoms with E-state index in [4.69, 9.17) is 18.9 Å². The second kappa shape index (κ2) is 29.8. The number of aliphatic hydroxyl groups excluding tert-OH is 4. The van der Waals surface area contributed by atoms with Gasteiger partial charge in [-0.3, -0.25) is 9.59 Å². The van der Waals surface area contributed by atoms with Crippen molar-refractivity contribution in [3.63, 3.8) is 0 Å². The second-order valence-electron chi connectivity index (χ2n) is 12.7. The molecule has 1 fully saturated rings. The molecule has 48 heavy (non-hydrogen) atoms. The van der Waals surface area contributed by atoms with Crippen LogP contribution in [0.15, 0.2) is 36.5 Å². The van der Waals surface area contributed by atoms with Gasteiger partial charge in [0.1, 0.15) is 31.0 Å². The Hall–Kier alpha value is -2.08. The molecule has 0 aromatic heterocycles. The molecule has 1 heterocycles. The lowest BCUT2D eigenvalue weighted by molar-refractivity contribution is -0.305. The van der Waals surface area contributed by atoms with E-state index in [0.717, 1.165) is 70.6 Å². The summed E-state index contributed by atoms with van der Waals surface area (Å²) in [5.41, 5.74) is 0. The third-order valence-corrected chi connectivity index (χ3v) is 8.28. The van der Waals surface area contributed by atoms with Crippen molar-refractivity contribution < 1.29 is 49.0 Å². The molecule has 278 valence electrons. The zero-order valence-corrected chi connectivity index (χ0v) is 29.7. The van der Waals surface area contributed by atoms with E-state index >= 15 is 0 Å². The number of ether oxygens (including phenoxy) is 4. The van der Waals surface area contributed by atoms with Crippen molar-refractivity contribution >= 4 is 11.9 Å². The highest BCUT2D eigenvalue weighted by molar-refractivity contribution is 5.70. The van der Waals surface area contributed by atoms with E-state index < -0.39 is 55.4 Å². The van der Waals surface area contributed by atoms with Gasteiger partial charge in [-0.2, -0.15) is 0 Å². The van der Waals surface area contributed by atoms with Crippen molar-refractivity contribution in [3.8, 4) is 0 Å². The Kier molecular flexibility index (Phi) is 27.3. The highest BCUT2D eigenvalue weighted by Gasteiger charge is 2.44. The monoisotopic (exact) mass is 682 g/mol. The van der Waals surface area contributed by atoms with E-state index in [1.807, 2.05) is 0 Å². The zero-order chi connectivity index (χ0) is 35.2. The highest BCUT2D eigenvalue weighted by Crippen LogP contribution is 2.22. The van der Waals surface area contributed by atoms with Crippen LogP contribution >= 0.6 is 0 Å². The first-order valence-electron chi connectivity index (χ1n) is 18.6. The summed E-state index contributed by atoms with van der Waals surface area (Å²) in [6.07, 6.45) is 23.6. The highest BCUT2D eigenvalue weighted by atomic mass is 16.7. The molecule has 0 bridgehead atoms. The van der Waals surface area contributed by atoms with Gasteiger partial charge in [0.05, 0.1) is 13.2 Å². The minimum atomic E-state index is -1.59. The predicted molar refractivity (Wildman–Crippen MR) is 187 cm³/mol. The lowest BCUT2D eigenvalue weighted by Crippen LogP contribution is -2.59. The largest absolute Gasteiger partial charge is 0.462 e. The molecule has 1 rings (SSSR count). The van der Waals surface area contributed by atoms with Crippen LogP contribution in [0.4, 0.5) is 0 Å². The Morgan fingerprint density at radius 3 is 1.79 bits per heavy atom. The average molecular weight is 683 g/mol. The molecule has 0 saturated carbocycles. The topological polar surface area (TPSA) is 152 Å². The van der Waals surface area contributed by atoms with Crippen LogP contribution in [-0.4, -0.2) is 89.0 Å². The van der Waals surface area contributed by atoms with Gasteiger partial charge in [0.2, 0.25) is 0 Å². The van der Waals surface area contributed by atoms with Gasteiger partial charge in [0, 0.05) is 12.8 Å². The van der Waals surface area contributed by atoms with Crippen LogP contribution in [-0.2, 0) is 28.5 Å². The summed E-state index contributed by atoms with van der Waals surface area (Å²) in [4.78, 5) is 24.8. The third-order valence-electron chi connectivity index (χ3n) is 8.28. The van der Waals surface area contributed by atoms with E-state index in [2.05, 4.69) is 50.3 Å². The number of hydrogen-bond acceptors (Lipinski definition) is 10. The lowest BCUT2D eigenvalue weighted by atomic mass is 9.99. The number of esters is 2. The molecule has 0 aromatic carbocycles. The van der Waals surface area contributed by atoms with E-state index in [1.54, 1.807) is 0 Å². The molecule has 10 nitrogen and oxygen atoms in total. The first kappa shape index (κ1) is 43.9. The van der Waals surface area contributed by atoms with Gasteiger partial charge < -0.3 is 39.4 Å². The van der Waals surface area contributed by atoms with Gasteiger partial charge in [-0.25, -0.2) is 0 Å². The molecule has 0 amide bonds. The molecule has 1 aliphatic rings. The van der Waals surface area contributed by atoms with E-state index in [0.29, 0.717) is 12.8 Å². The van der Waals surface area contributed by atoms with E-state index in [9.17, 15) is 30.0 Å². The summed E-state index contributed by atoms with van der Waals surface area (Å²) in [7, 11) is 0. The fourth-order valence-electron chi connectivity index (χ4n) is 5.25. The number of aliphatic hydroxyl groups is 4. The molecule has 6 atom stereocenters. The molecule has 0 spiro atoms. The lowest BCUT2D eigenvalue weighted by Gasteiger charge is -2.39. The van der Waals surface area contributed by atoms with Gasteiger partial charge in [-0.05, 0) is 51.4 Å². The average Bonchev–Trinajstić information content (AvgIpc) is 3.08. The summed E-state index contributed by atoms with van der Waals surface area (Å²) in [6, 6.07) is 0. The van der Waals surface area contributed by atoms with Gasteiger partial charge in [0.25, 0.3) is 0 Å². The van der Waals surface area contributed by atoms with Crippen molar-refractivity contribution in [2.45, 2.75) is 173 Å². The normalized spacial score (nSPS) is 22.2. The molecule has 1 aliphatic heterocycles. The third kappa shape index (κ3) is 21.8. The Morgan fingerprint density at radius 1 is 0.646 bits per heavy atom. The fraction of sp³-hybridized carbons (Fsp3) is 0.789. The summed E-state index contributed by atoms with van der Waals surface area (Å²) in [6.45, 7) is 3.22. The van der Waals surface area contributed by atoms with E-state index in [1.165, 1.54) is 25.7 Å². The number of rotatable bonds is 29. The molecular formula is C38H66O10. The maximum atomic E-state index is 12.6. The van der Waals surface area contributed by atoms with Gasteiger partial charge >= 0.3 is 11.9 Å². The number of hydrogen-bond donors (Lipinski definition) is 4. The minimum Gasteiger partial charge on any atom is -0.462 e. The zero-order valence-electron chi connectivity index (χ0n) is 29.7. The number of carbonyl (C=O) groups is 2. The second-order valence-corrected chi connectivity index (χ2v) is 12.7. The molecular weight excluding hydrogens is 616 g/mol. The standard InChI is InChI=1S/C38H66O10/c1-3-5-7-9-10-11-12-13-14-15-16-17-18-19-20-21-22-23-25-27-34(41)47-31(29-45-33(40)26-24-8-6-4-2)30-46-38-37(44)36(43)35(42)32(28-39)48-38/h10-11,13-14,16-17,31-32,35-39,42-44H,3-9,12,15,18-30H2,1-2H3/b11-10-,14-13-,17-16-. The molecule has 0 aliphatic carbocycles. The van der Waals surface area contributed by atoms with Gasteiger partial charge in [-0.15, -0.1) is 0 Å². The molecule has 0 aromatic rings. The number of carbonyl (C=O) groups excluding carboxylic acids is 2. The quantitative estimate of drug-likeness (QED) is 0.0397. The summed E-state index contributed by atoms with van der Waals surface area (Å²) in [5.74, 6) is -0.845. The van der Waals surface area contributed by atoms with Crippen molar-refractivity contribution in [1.82, 2.24) is 0 Å². The van der Waals surface area contributed by atoms with Gasteiger partial charge in [0.15, 0.2) is 12.4 Å². The van der Waals surface area contributed by atoms with Crippen LogP contribution in [0.25, 0.3) is 0 Å². The number of unbranched alkanes of at least 4 members (excludes halogenated alkanes) is 12. The summed E-state index contributed by atoms with van der Waals surface area (Å²) < 4.78 is 21.8. The Morgan fingerprint density at radius 2 is 1.17 bits per heavy atom. The number of allylic oxidation sites excluding steroid dienone is 6. The van der Waals surface area contributed by atoms with Crippen LogP contribution in [0.5, 0.6) is 0 Å². The first-order valence-corrected chi connectivity index (χ1v) is 18.6. The Bertz CT molecular complexity index is 887. The minimum absolute atomic E-state index is 0.215. The van der Waals surface area contributed by atoms with Crippen molar-refractivity contribution in [1.29, 1.82) is 0 Å². The molecule has 1 saturated heterocycles. The maximum absolute atomic E-state index is 12.6. The first-order chi connectivity index (χ1) is 23.3. The summed E-state index contributed by atoms with van der Waals surface area (Å²) in [5, 5.41) is 39.7. The Balaban J connectivity index is 2.31. The van der Waals surface area contributed by atoms with Crippen LogP contribution in [0.2, 0.25) is 0 Å². The van der Waals surface area contributed by atoms with Crippen molar-refractivity contribution in [2.75, 3.05) is 19.8 Å². The summed E-state index contributed by atoms with van der Waals surface area (Å²) >= 11 is 0. The SMILES string of the molecule is CCCCC/C=C\C/C=C\C/C=C\CCCCCCCCC(=O)OC(COC(=O)CCCCCC)COC1OC(CO)C(O)C(O)C1O. The predicted octanol–water partition coefficient (Wildman–Crippen LogP) is 6.38. The van der Waals surface area contributed by atoms with Crippen molar-refractivity contribution in [3.05, 3.63) is 36.5 Å². The fourth-order valence-corrected chi connectivity index (χ4v) is 5.25. The van der Waals surface area contributed by atoms with Crippen LogP contribution in [0.1, 0.15) is 136 Å². The van der Waals surface area contributed by atoms with Crippen LogP contribution in [0.3, 0.4) is 0 Å². The van der Waals surface area contributed by atoms with Crippen LogP contribution < -0.4 is 0 Å². The van der Waals surface area contributed by atoms with E-state index in [-0.39, 0.29) is 26.1 Å². The van der Waals surface area contributed by atoms with Crippen molar-refractivity contribution in [2.24, 2.45) is 0 Å². The smallest absolute Gasteiger partial charge is 0.306 e. The molecule has 0 radical (unpaired) electrons. The maximum Gasteiger partial charge on any atom is 0.306 e. The van der Waals surface area contributed by atoms with Crippen LogP contribution in [0, 0.1) is 0 Å².